The molecule has 0 atom stereocenters. The third-order valence-electron chi connectivity index (χ3n) is 3.82. The molecule has 4 rings (SSSR count). The fourth-order valence-corrected chi connectivity index (χ4v) is 2.67. The number of nitrogens with one attached hydrogen (secondary N) is 1. The monoisotopic (exact) mass is 348 g/mol. The van der Waals surface area contributed by atoms with Crippen molar-refractivity contribution in [3.8, 4) is 5.69 Å². The van der Waals surface area contributed by atoms with Crippen LogP contribution in [0.5, 0.6) is 0 Å². The lowest BCUT2D eigenvalue weighted by atomic mass is 10.3. The third-order valence-corrected chi connectivity index (χ3v) is 3.82. The Bertz CT molecular complexity index is 1130. The van der Waals surface area contributed by atoms with E-state index in [1.165, 1.54) is 10.7 Å². The van der Waals surface area contributed by atoms with Crippen molar-refractivity contribution >= 4 is 28.9 Å². The zero-order valence-corrected chi connectivity index (χ0v) is 13.9. The number of amides is 1. The molecule has 3 heterocycles. The first-order valence-corrected chi connectivity index (χ1v) is 7.85. The van der Waals surface area contributed by atoms with E-state index in [1.54, 1.807) is 35.1 Å². The van der Waals surface area contributed by atoms with Crippen molar-refractivity contribution in [1.82, 2.24) is 24.4 Å². The topological polar surface area (TPSA) is 129 Å². The predicted octanol–water partition coefficient (Wildman–Crippen LogP) is 1.64. The number of aryl methyl sites for hydroxylation is 1. The summed E-state index contributed by atoms with van der Waals surface area (Å²) >= 11 is 0. The van der Waals surface area contributed by atoms with Gasteiger partial charge in [-0.05, 0) is 31.2 Å². The molecule has 5 N–H and O–H groups in total. The minimum absolute atomic E-state index is 0.313. The van der Waals surface area contributed by atoms with E-state index in [-0.39, 0.29) is 5.91 Å². The summed E-state index contributed by atoms with van der Waals surface area (Å²) in [5, 5.41) is 11.4. The molecule has 9 nitrogen and oxygen atoms in total. The van der Waals surface area contributed by atoms with Crippen molar-refractivity contribution in [2.45, 2.75) is 6.92 Å². The van der Waals surface area contributed by atoms with Crippen LogP contribution in [0.1, 0.15) is 16.1 Å². The highest BCUT2D eigenvalue weighted by Crippen LogP contribution is 2.20. The van der Waals surface area contributed by atoms with E-state index in [0.717, 1.165) is 11.4 Å². The van der Waals surface area contributed by atoms with E-state index in [9.17, 15) is 4.79 Å². The molecule has 3 aromatic heterocycles. The van der Waals surface area contributed by atoms with Crippen LogP contribution in [-0.2, 0) is 0 Å². The number of fused-ring (bicyclic) bond motifs is 1. The van der Waals surface area contributed by atoms with Crippen molar-refractivity contribution < 1.29 is 4.79 Å². The molecule has 0 spiro atoms. The minimum Gasteiger partial charge on any atom is -0.399 e. The number of nitrogens with zero attached hydrogens (tertiary/aromatic N) is 5. The summed E-state index contributed by atoms with van der Waals surface area (Å²) < 4.78 is 3.11. The van der Waals surface area contributed by atoms with E-state index in [1.807, 2.05) is 19.1 Å². The zero-order valence-electron chi connectivity index (χ0n) is 13.9. The average Bonchev–Trinajstić information content (AvgIpc) is 3.17. The molecule has 0 radical (unpaired) electrons. The average molecular weight is 348 g/mol. The number of hydrogen-bond donors (Lipinski definition) is 3. The second-order valence-corrected chi connectivity index (χ2v) is 5.81. The van der Waals surface area contributed by atoms with Crippen LogP contribution in [0.4, 0.5) is 17.3 Å². The van der Waals surface area contributed by atoms with Crippen molar-refractivity contribution in [1.29, 1.82) is 0 Å². The molecule has 0 aliphatic carbocycles. The van der Waals surface area contributed by atoms with Crippen LogP contribution >= 0.6 is 0 Å². The Labute approximate surface area is 148 Å². The standard InChI is InChI=1S/C17H16N8O/c1-10-7-15(25(23-10)12-4-2-3-11(18)8-12)22-17(26)13-9-20-24-6-5-14(19)21-16(13)24/h2-9H,18H2,1H3,(H2,19,21)(H,22,26). The number of carbonyl (C=O) groups excluding carboxylic acids is 1. The third kappa shape index (κ3) is 2.71. The molecule has 1 aromatic carbocycles. The Hall–Kier alpha value is -3.88. The van der Waals surface area contributed by atoms with Crippen LogP contribution in [0.25, 0.3) is 11.3 Å². The second-order valence-electron chi connectivity index (χ2n) is 5.81. The van der Waals surface area contributed by atoms with Crippen LogP contribution in [0.2, 0.25) is 0 Å². The molecule has 0 aliphatic rings. The lowest BCUT2D eigenvalue weighted by molar-refractivity contribution is 0.102. The molecule has 26 heavy (non-hydrogen) atoms. The maximum Gasteiger partial charge on any atom is 0.262 e. The first-order chi connectivity index (χ1) is 12.5. The number of nitrogens with two attached hydrogens (primary N) is 2. The van der Waals surface area contributed by atoms with Gasteiger partial charge in [0.25, 0.3) is 5.91 Å². The summed E-state index contributed by atoms with van der Waals surface area (Å²) in [6, 6.07) is 10.6. The predicted molar refractivity (Wildman–Crippen MR) is 98.1 cm³/mol. The number of rotatable bonds is 3. The van der Waals surface area contributed by atoms with E-state index in [4.69, 9.17) is 11.5 Å². The number of carbonyl (C=O) groups is 1. The number of aromatic nitrogens is 5. The molecule has 0 bridgehead atoms. The highest BCUT2D eigenvalue weighted by Gasteiger charge is 2.17. The van der Waals surface area contributed by atoms with Gasteiger partial charge in [-0.2, -0.15) is 10.2 Å². The first-order valence-electron chi connectivity index (χ1n) is 7.85. The van der Waals surface area contributed by atoms with Gasteiger partial charge < -0.3 is 16.8 Å². The molecule has 1 amide bonds. The molecule has 9 heteroatoms. The van der Waals surface area contributed by atoms with E-state index < -0.39 is 0 Å². The van der Waals surface area contributed by atoms with Gasteiger partial charge in [0.2, 0.25) is 0 Å². The summed E-state index contributed by atoms with van der Waals surface area (Å²) in [4.78, 5) is 16.9. The van der Waals surface area contributed by atoms with Gasteiger partial charge >= 0.3 is 0 Å². The summed E-state index contributed by atoms with van der Waals surface area (Å²) in [6.07, 6.45) is 3.10. The largest absolute Gasteiger partial charge is 0.399 e. The van der Waals surface area contributed by atoms with Crippen molar-refractivity contribution in [2.24, 2.45) is 0 Å². The van der Waals surface area contributed by atoms with Crippen molar-refractivity contribution in [3.63, 3.8) is 0 Å². The van der Waals surface area contributed by atoms with Gasteiger partial charge in [0.05, 0.1) is 17.6 Å². The van der Waals surface area contributed by atoms with Gasteiger partial charge in [-0.25, -0.2) is 14.2 Å². The summed E-state index contributed by atoms with van der Waals surface area (Å²) in [5.74, 6) is 0.470. The Morgan fingerprint density at radius 2 is 2.04 bits per heavy atom. The molecule has 0 saturated carbocycles. The summed E-state index contributed by atoms with van der Waals surface area (Å²) in [5.41, 5.74) is 14.4. The van der Waals surface area contributed by atoms with Crippen molar-refractivity contribution in [3.05, 3.63) is 60.0 Å². The zero-order chi connectivity index (χ0) is 18.3. The fourth-order valence-electron chi connectivity index (χ4n) is 2.67. The maximum atomic E-state index is 12.7. The molecular weight excluding hydrogens is 332 g/mol. The highest BCUT2D eigenvalue weighted by atomic mass is 16.1. The van der Waals surface area contributed by atoms with Gasteiger partial charge in [0.15, 0.2) is 5.65 Å². The van der Waals surface area contributed by atoms with Crippen LogP contribution in [-0.4, -0.2) is 30.3 Å². The van der Waals surface area contributed by atoms with Crippen LogP contribution < -0.4 is 16.8 Å². The Kier molecular flexibility index (Phi) is 3.54. The quantitative estimate of drug-likeness (QED) is 0.483. The van der Waals surface area contributed by atoms with Crippen LogP contribution in [0.3, 0.4) is 0 Å². The Morgan fingerprint density at radius 1 is 1.19 bits per heavy atom. The van der Waals surface area contributed by atoms with Gasteiger partial charge in [-0.1, -0.05) is 6.07 Å². The molecule has 0 aliphatic heterocycles. The van der Waals surface area contributed by atoms with E-state index in [2.05, 4.69) is 20.5 Å². The van der Waals surface area contributed by atoms with Gasteiger partial charge in [0.1, 0.15) is 17.2 Å². The summed E-state index contributed by atoms with van der Waals surface area (Å²) in [6.45, 7) is 1.84. The smallest absolute Gasteiger partial charge is 0.262 e. The van der Waals surface area contributed by atoms with Crippen LogP contribution in [0, 0.1) is 6.92 Å². The molecule has 0 fully saturated rings. The SMILES string of the molecule is Cc1cc(NC(=O)c2cnn3ccc(N)nc23)n(-c2cccc(N)c2)n1. The molecule has 4 aromatic rings. The number of benzene rings is 1. The van der Waals surface area contributed by atoms with Gasteiger partial charge in [-0.3, -0.25) is 4.79 Å². The number of hydrogen-bond acceptors (Lipinski definition) is 6. The maximum absolute atomic E-state index is 12.7. The number of nitrogen functional groups attached to an aromatic ring is 2. The normalized spacial score (nSPS) is 11.0. The lowest BCUT2D eigenvalue weighted by Gasteiger charge is -2.09. The molecule has 130 valence electrons. The fraction of sp³-hybridized carbons (Fsp3) is 0.0588. The van der Waals surface area contributed by atoms with Gasteiger partial charge in [-0.15, -0.1) is 0 Å². The Balaban J connectivity index is 1.71. The van der Waals surface area contributed by atoms with E-state index >= 15 is 0 Å². The molecule has 0 saturated heterocycles. The highest BCUT2D eigenvalue weighted by molar-refractivity contribution is 6.08. The Morgan fingerprint density at radius 3 is 2.85 bits per heavy atom. The van der Waals surface area contributed by atoms with Crippen molar-refractivity contribution in [2.75, 3.05) is 16.8 Å². The number of anilines is 3. The minimum atomic E-state index is -0.358. The molecule has 0 unspecified atom stereocenters. The first kappa shape index (κ1) is 15.6. The van der Waals surface area contributed by atoms with Gasteiger partial charge in [0, 0.05) is 18.0 Å². The summed E-state index contributed by atoms with van der Waals surface area (Å²) in [7, 11) is 0. The van der Waals surface area contributed by atoms with Crippen LogP contribution in [0.15, 0.2) is 48.8 Å². The van der Waals surface area contributed by atoms with E-state index in [0.29, 0.717) is 28.5 Å². The second kappa shape index (κ2) is 5.88. The molecular formula is C17H16N8O. The lowest BCUT2D eigenvalue weighted by Crippen LogP contribution is -2.15.